The van der Waals surface area contributed by atoms with Crippen molar-refractivity contribution in [2.75, 3.05) is 39.8 Å². The number of amides is 2. The number of ether oxygens (including phenoxy) is 1. The zero-order chi connectivity index (χ0) is 16.1. The number of morpholine rings is 1. The molecule has 2 heterocycles. The maximum atomic E-state index is 12.5. The minimum atomic E-state index is -0.372. The molecular formula is C14H22N4O3S. The molecule has 0 aromatic carbocycles. The minimum absolute atomic E-state index is 0.00283. The Morgan fingerprint density at radius 1 is 1.59 bits per heavy atom. The fourth-order valence-corrected chi connectivity index (χ4v) is 3.25. The smallest absolute Gasteiger partial charge is 0.265 e. The van der Waals surface area contributed by atoms with Gasteiger partial charge in [0.2, 0.25) is 5.91 Å². The molecule has 1 fully saturated rings. The highest BCUT2D eigenvalue weighted by Crippen LogP contribution is 2.17. The topological polar surface area (TPSA) is 88.8 Å². The lowest BCUT2D eigenvalue weighted by atomic mass is 10.2. The standard InChI is InChI=1S/C14H22N4O3S/c1-3-13-16-6-11(22-13)14(20)18-4-5-21-10(8-18)7-17(2)9-12(15)19/h6,10H,3-5,7-9H2,1-2H3,(H2,15,19). The average molecular weight is 326 g/mol. The monoisotopic (exact) mass is 326 g/mol. The molecule has 2 amide bonds. The van der Waals surface area contributed by atoms with Gasteiger partial charge in [-0.15, -0.1) is 11.3 Å². The fraction of sp³-hybridized carbons (Fsp3) is 0.643. The van der Waals surface area contributed by atoms with Crippen LogP contribution in [-0.4, -0.2) is 72.5 Å². The summed E-state index contributed by atoms with van der Waals surface area (Å²) in [6.07, 6.45) is 2.37. The van der Waals surface area contributed by atoms with Crippen LogP contribution in [0.5, 0.6) is 0 Å². The van der Waals surface area contributed by atoms with Gasteiger partial charge in [0, 0.05) is 19.6 Å². The Hall–Kier alpha value is -1.51. The molecule has 1 unspecified atom stereocenters. The van der Waals surface area contributed by atoms with E-state index < -0.39 is 0 Å². The summed E-state index contributed by atoms with van der Waals surface area (Å²) in [4.78, 5) is 31.9. The number of hydrogen-bond acceptors (Lipinski definition) is 6. The van der Waals surface area contributed by atoms with Crippen molar-refractivity contribution in [3.63, 3.8) is 0 Å². The van der Waals surface area contributed by atoms with Crippen molar-refractivity contribution in [1.82, 2.24) is 14.8 Å². The van der Waals surface area contributed by atoms with Gasteiger partial charge in [-0.2, -0.15) is 0 Å². The van der Waals surface area contributed by atoms with Crippen LogP contribution in [0.25, 0.3) is 0 Å². The third kappa shape index (κ3) is 4.49. The number of nitrogens with zero attached hydrogens (tertiary/aromatic N) is 3. The van der Waals surface area contributed by atoms with E-state index in [2.05, 4.69) is 4.98 Å². The fourth-order valence-electron chi connectivity index (χ4n) is 2.42. The first kappa shape index (κ1) is 16.9. The van der Waals surface area contributed by atoms with E-state index in [1.54, 1.807) is 11.1 Å². The van der Waals surface area contributed by atoms with Gasteiger partial charge in [0.1, 0.15) is 4.88 Å². The molecule has 8 heteroatoms. The van der Waals surface area contributed by atoms with Gasteiger partial charge in [-0.1, -0.05) is 6.92 Å². The summed E-state index contributed by atoms with van der Waals surface area (Å²) in [5.41, 5.74) is 5.17. The number of aromatic nitrogens is 1. The molecule has 0 bridgehead atoms. The van der Waals surface area contributed by atoms with Gasteiger partial charge in [0.05, 0.1) is 30.5 Å². The minimum Gasteiger partial charge on any atom is -0.373 e. The van der Waals surface area contributed by atoms with Crippen molar-refractivity contribution < 1.29 is 14.3 Å². The molecule has 2 rings (SSSR count). The molecule has 0 aliphatic carbocycles. The van der Waals surface area contributed by atoms with Crippen molar-refractivity contribution in [3.8, 4) is 0 Å². The second-order valence-electron chi connectivity index (χ2n) is 5.38. The predicted molar refractivity (Wildman–Crippen MR) is 83.8 cm³/mol. The quantitative estimate of drug-likeness (QED) is 0.792. The first-order valence-corrected chi connectivity index (χ1v) is 8.13. The molecule has 1 atom stereocenters. The van der Waals surface area contributed by atoms with Crippen molar-refractivity contribution in [2.45, 2.75) is 19.4 Å². The number of carbonyl (C=O) groups excluding carboxylic acids is 2. The van der Waals surface area contributed by atoms with Crippen molar-refractivity contribution in [1.29, 1.82) is 0 Å². The number of aryl methyl sites for hydroxylation is 1. The van der Waals surface area contributed by atoms with Crippen LogP contribution in [0.3, 0.4) is 0 Å². The highest BCUT2D eigenvalue weighted by Gasteiger charge is 2.27. The lowest BCUT2D eigenvalue weighted by Crippen LogP contribution is -2.49. The van der Waals surface area contributed by atoms with Gasteiger partial charge in [0.25, 0.3) is 5.91 Å². The number of rotatable bonds is 6. The third-order valence-corrected chi connectivity index (χ3v) is 4.56. The lowest BCUT2D eigenvalue weighted by molar-refractivity contribution is -0.119. The molecule has 0 radical (unpaired) electrons. The molecule has 2 N–H and O–H groups in total. The van der Waals surface area contributed by atoms with Gasteiger partial charge in [-0.25, -0.2) is 4.98 Å². The zero-order valence-corrected chi connectivity index (χ0v) is 13.8. The second kappa shape index (κ2) is 7.66. The Kier molecular flexibility index (Phi) is 5.87. The van der Waals surface area contributed by atoms with Crippen LogP contribution >= 0.6 is 11.3 Å². The molecule has 122 valence electrons. The van der Waals surface area contributed by atoms with Crippen LogP contribution in [0.15, 0.2) is 6.20 Å². The van der Waals surface area contributed by atoms with Crippen LogP contribution in [0.1, 0.15) is 21.6 Å². The van der Waals surface area contributed by atoms with Crippen molar-refractivity contribution in [3.05, 3.63) is 16.1 Å². The predicted octanol–water partition coefficient (Wildman–Crippen LogP) is -0.0364. The van der Waals surface area contributed by atoms with E-state index in [1.807, 2.05) is 18.9 Å². The maximum Gasteiger partial charge on any atom is 0.265 e. The summed E-state index contributed by atoms with van der Waals surface area (Å²) >= 11 is 1.44. The summed E-state index contributed by atoms with van der Waals surface area (Å²) in [6.45, 7) is 4.36. The highest BCUT2D eigenvalue weighted by molar-refractivity contribution is 7.13. The molecular weight excluding hydrogens is 304 g/mol. The van der Waals surface area contributed by atoms with Crippen LogP contribution in [0.2, 0.25) is 0 Å². The van der Waals surface area contributed by atoms with Gasteiger partial charge < -0.3 is 15.4 Å². The van der Waals surface area contributed by atoms with Crippen molar-refractivity contribution >= 4 is 23.2 Å². The molecule has 1 aromatic rings. The van der Waals surface area contributed by atoms with E-state index in [9.17, 15) is 9.59 Å². The summed E-state index contributed by atoms with van der Waals surface area (Å²) in [5.74, 6) is -0.369. The number of carbonyl (C=O) groups is 2. The van der Waals surface area contributed by atoms with E-state index in [1.165, 1.54) is 11.3 Å². The first-order chi connectivity index (χ1) is 10.5. The van der Waals surface area contributed by atoms with Crippen LogP contribution in [0, 0.1) is 0 Å². The van der Waals surface area contributed by atoms with Gasteiger partial charge in [-0.3, -0.25) is 14.5 Å². The largest absolute Gasteiger partial charge is 0.373 e. The zero-order valence-electron chi connectivity index (χ0n) is 12.9. The number of nitrogens with two attached hydrogens (primary N) is 1. The van der Waals surface area contributed by atoms with Gasteiger partial charge in [-0.05, 0) is 13.5 Å². The molecule has 22 heavy (non-hydrogen) atoms. The third-order valence-electron chi connectivity index (χ3n) is 3.43. The Balaban J connectivity index is 1.92. The number of primary amides is 1. The normalized spacial score (nSPS) is 18.7. The van der Waals surface area contributed by atoms with Crippen LogP contribution in [0.4, 0.5) is 0 Å². The molecule has 1 aromatic heterocycles. The van der Waals surface area contributed by atoms with E-state index in [-0.39, 0.29) is 24.5 Å². The SMILES string of the molecule is CCc1ncc(C(=O)N2CCOC(CN(C)CC(N)=O)C2)s1. The van der Waals surface area contributed by atoms with E-state index >= 15 is 0 Å². The Bertz CT molecular complexity index is 534. The molecule has 0 saturated carbocycles. The summed E-state index contributed by atoms with van der Waals surface area (Å²) in [6, 6.07) is 0. The van der Waals surface area contributed by atoms with Crippen molar-refractivity contribution in [2.24, 2.45) is 5.73 Å². The average Bonchev–Trinajstić information content (AvgIpc) is 2.94. The Morgan fingerprint density at radius 2 is 2.36 bits per heavy atom. The van der Waals surface area contributed by atoms with Crippen LogP contribution < -0.4 is 5.73 Å². The van der Waals surface area contributed by atoms with Crippen LogP contribution in [-0.2, 0) is 16.0 Å². The van der Waals surface area contributed by atoms with Gasteiger partial charge >= 0.3 is 0 Å². The summed E-state index contributed by atoms with van der Waals surface area (Å²) in [5, 5.41) is 0.967. The van der Waals surface area contributed by atoms with E-state index in [4.69, 9.17) is 10.5 Å². The van der Waals surface area contributed by atoms with E-state index in [0.29, 0.717) is 31.1 Å². The maximum absolute atomic E-state index is 12.5. The number of hydrogen-bond donors (Lipinski definition) is 1. The summed E-state index contributed by atoms with van der Waals surface area (Å²) < 4.78 is 5.67. The van der Waals surface area contributed by atoms with Gasteiger partial charge in [0.15, 0.2) is 0 Å². The van der Waals surface area contributed by atoms with E-state index in [0.717, 1.165) is 11.4 Å². The molecule has 1 aliphatic rings. The Labute approximate surface area is 134 Å². The lowest BCUT2D eigenvalue weighted by Gasteiger charge is -2.34. The highest BCUT2D eigenvalue weighted by atomic mass is 32.1. The number of likely N-dealkylation sites (N-methyl/N-ethyl adjacent to an activating group) is 1. The summed E-state index contributed by atoms with van der Waals surface area (Å²) in [7, 11) is 1.81. The first-order valence-electron chi connectivity index (χ1n) is 7.32. The molecule has 7 nitrogen and oxygen atoms in total. The Morgan fingerprint density at radius 3 is 3.00 bits per heavy atom. The second-order valence-corrected chi connectivity index (χ2v) is 6.49. The molecule has 1 saturated heterocycles. The molecule has 1 aliphatic heterocycles. The molecule has 0 spiro atoms. The number of thiazole rings is 1.